The van der Waals surface area contributed by atoms with Crippen molar-refractivity contribution in [2.75, 3.05) is 6.54 Å². The predicted molar refractivity (Wildman–Crippen MR) is 67.7 cm³/mol. The lowest BCUT2D eigenvalue weighted by Crippen LogP contribution is -2.60. The van der Waals surface area contributed by atoms with E-state index in [0.717, 1.165) is 37.0 Å². The number of carbonyl (C=O) groups excluding carboxylic acids is 2. The molecule has 0 saturated heterocycles. The molecule has 0 aliphatic heterocycles. The SMILES string of the molecule is CC(=O)NCC(=O)NC12CC3CC(CC(C3)C1)C2. The highest BCUT2D eigenvalue weighted by Crippen LogP contribution is 2.55. The highest BCUT2D eigenvalue weighted by molar-refractivity contribution is 5.84. The van der Waals surface area contributed by atoms with Gasteiger partial charge >= 0.3 is 0 Å². The zero-order chi connectivity index (χ0) is 12.8. The van der Waals surface area contributed by atoms with E-state index in [1.807, 2.05) is 0 Å². The Morgan fingerprint density at radius 2 is 1.56 bits per heavy atom. The van der Waals surface area contributed by atoms with Crippen molar-refractivity contribution in [1.82, 2.24) is 10.6 Å². The quantitative estimate of drug-likeness (QED) is 0.791. The molecule has 4 rings (SSSR count). The Morgan fingerprint density at radius 1 is 1.06 bits per heavy atom. The van der Waals surface area contributed by atoms with Crippen LogP contribution in [0.2, 0.25) is 0 Å². The number of rotatable bonds is 3. The molecule has 0 heterocycles. The fourth-order valence-electron chi connectivity index (χ4n) is 4.81. The van der Waals surface area contributed by atoms with Crippen LogP contribution in [0.15, 0.2) is 0 Å². The molecule has 18 heavy (non-hydrogen) atoms. The van der Waals surface area contributed by atoms with Crippen molar-refractivity contribution in [2.24, 2.45) is 17.8 Å². The molecule has 4 nitrogen and oxygen atoms in total. The molecule has 4 heteroatoms. The average Bonchev–Trinajstić information content (AvgIpc) is 2.23. The summed E-state index contributed by atoms with van der Waals surface area (Å²) < 4.78 is 0. The molecule has 4 bridgehead atoms. The molecule has 0 spiro atoms. The second-order valence-electron chi connectivity index (χ2n) is 6.66. The average molecular weight is 250 g/mol. The number of nitrogens with one attached hydrogen (secondary N) is 2. The minimum absolute atomic E-state index is 0.0212. The van der Waals surface area contributed by atoms with Gasteiger partial charge in [0.1, 0.15) is 0 Å². The van der Waals surface area contributed by atoms with Crippen LogP contribution in [0.3, 0.4) is 0 Å². The monoisotopic (exact) mass is 250 g/mol. The Kier molecular flexibility index (Phi) is 2.83. The molecule has 2 N–H and O–H groups in total. The maximum Gasteiger partial charge on any atom is 0.239 e. The van der Waals surface area contributed by atoms with Crippen LogP contribution in [0.4, 0.5) is 0 Å². The maximum absolute atomic E-state index is 11.9. The van der Waals surface area contributed by atoms with Gasteiger partial charge in [0.15, 0.2) is 0 Å². The summed E-state index contributed by atoms with van der Waals surface area (Å²) in [5, 5.41) is 5.80. The van der Waals surface area contributed by atoms with E-state index in [4.69, 9.17) is 0 Å². The van der Waals surface area contributed by atoms with Crippen LogP contribution in [-0.4, -0.2) is 23.9 Å². The topological polar surface area (TPSA) is 58.2 Å². The summed E-state index contributed by atoms with van der Waals surface area (Å²) in [5.74, 6) is 2.33. The molecular weight excluding hydrogens is 228 g/mol. The molecule has 0 unspecified atom stereocenters. The van der Waals surface area contributed by atoms with Crippen LogP contribution < -0.4 is 10.6 Å². The summed E-state index contributed by atoms with van der Waals surface area (Å²) >= 11 is 0. The van der Waals surface area contributed by atoms with Crippen molar-refractivity contribution in [1.29, 1.82) is 0 Å². The van der Waals surface area contributed by atoms with Gasteiger partial charge in [-0.2, -0.15) is 0 Å². The van der Waals surface area contributed by atoms with Gasteiger partial charge in [0.25, 0.3) is 0 Å². The largest absolute Gasteiger partial charge is 0.349 e. The first-order valence-corrected chi connectivity index (χ1v) is 7.10. The summed E-state index contributed by atoms with van der Waals surface area (Å²) in [7, 11) is 0. The number of carbonyl (C=O) groups is 2. The van der Waals surface area contributed by atoms with Crippen molar-refractivity contribution >= 4 is 11.8 Å². The first-order chi connectivity index (χ1) is 8.55. The van der Waals surface area contributed by atoms with Crippen molar-refractivity contribution in [3.8, 4) is 0 Å². The first-order valence-electron chi connectivity index (χ1n) is 7.10. The summed E-state index contributed by atoms with van der Waals surface area (Å²) in [6.07, 6.45) is 7.60. The minimum Gasteiger partial charge on any atom is -0.349 e. The molecule has 0 aromatic heterocycles. The van der Waals surface area contributed by atoms with E-state index in [0.29, 0.717) is 0 Å². The number of hydrogen-bond acceptors (Lipinski definition) is 2. The highest BCUT2D eigenvalue weighted by atomic mass is 16.2. The second-order valence-corrected chi connectivity index (χ2v) is 6.66. The van der Waals surface area contributed by atoms with Crippen LogP contribution in [-0.2, 0) is 9.59 Å². The van der Waals surface area contributed by atoms with Gasteiger partial charge in [0.05, 0.1) is 6.54 Å². The van der Waals surface area contributed by atoms with Crippen molar-refractivity contribution in [2.45, 2.75) is 51.0 Å². The van der Waals surface area contributed by atoms with E-state index in [1.165, 1.54) is 26.2 Å². The molecule has 0 radical (unpaired) electrons. The van der Waals surface area contributed by atoms with Gasteiger partial charge in [-0.05, 0) is 56.3 Å². The van der Waals surface area contributed by atoms with Gasteiger partial charge in [-0.3, -0.25) is 9.59 Å². The van der Waals surface area contributed by atoms with E-state index >= 15 is 0 Å². The molecular formula is C14H22N2O2. The Hall–Kier alpha value is -1.06. The molecule has 0 aromatic rings. The zero-order valence-corrected chi connectivity index (χ0v) is 11.0. The van der Waals surface area contributed by atoms with E-state index in [9.17, 15) is 9.59 Å². The third kappa shape index (κ3) is 2.25. The van der Waals surface area contributed by atoms with E-state index in [1.54, 1.807) is 0 Å². The Labute approximate surface area is 108 Å². The van der Waals surface area contributed by atoms with Gasteiger partial charge < -0.3 is 10.6 Å². The number of hydrogen-bond donors (Lipinski definition) is 2. The van der Waals surface area contributed by atoms with Crippen molar-refractivity contribution in [3.05, 3.63) is 0 Å². The molecule has 0 aromatic carbocycles. The molecule has 2 amide bonds. The molecule has 100 valence electrons. The standard InChI is InChI=1S/C14H22N2O2/c1-9(17)15-8-13(18)16-14-5-10-2-11(6-14)4-12(3-10)7-14/h10-12H,2-8H2,1H3,(H,15,17)(H,16,18). The summed E-state index contributed by atoms with van der Waals surface area (Å²) in [6, 6.07) is 0. The third-order valence-electron chi connectivity index (χ3n) is 4.94. The Morgan fingerprint density at radius 3 is 2.00 bits per heavy atom. The number of amides is 2. The van der Waals surface area contributed by atoms with E-state index in [2.05, 4.69) is 10.6 Å². The van der Waals surface area contributed by atoms with Gasteiger partial charge in [0.2, 0.25) is 11.8 Å². The van der Waals surface area contributed by atoms with E-state index in [-0.39, 0.29) is 23.9 Å². The summed E-state index contributed by atoms with van der Waals surface area (Å²) in [5.41, 5.74) is 0.0598. The van der Waals surface area contributed by atoms with Crippen LogP contribution in [0.25, 0.3) is 0 Å². The fourth-order valence-corrected chi connectivity index (χ4v) is 4.81. The molecule has 4 aliphatic carbocycles. The van der Waals surface area contributed by atoms with Gasteiger partial charge in [-0.1, -0.05) is 0 Å². The summed E-state index contributed by atoms with van der Waals surface area (Å²) in [4.78, 5) is 22.7. The second kappa shape index (κ2) is 4.25. The lowest BCUT2D eigenvalue weighted by atomic mass is 9.53. The lowest BCUT2D eigenvalue weighted by Gasteiger charge is -2.56. The third-order valence-corrected chi connectivity index (χ3v) is 4.94. The Balaban J connectivity index is 1.61. The van der Waals surface area contributed by atoms with Gasteiger partial charge in [-0.15, -0.1) is 0 Å². The molecule has 4 saturated carbocycles. The van der Waals surface area contributed by atoms with Crippen molar-refractivity contribution < 1.29 is 9.59 Å². The van der Waals surface area contributed by atoms with Crippen LogP contribution >= 0.6 is 0 Å². The van der Waals surface area contributed by atoms with Crippen LogP contribution in [0.1, 0.15) is 45.4 Å². The molecule has 4 aliphatic rings. The summed E-state index contributed by atoms with van der Waals surface area (Å²) in [6.45, 7) is 1.56. The highest BCUT2D eigenvalue weighted by Gasteiger charge is 2.51. The maximum atomic E-state index is 11.9. The van der Waals surface area contributed by atoms with Crippen LogP contribution in [0, 0.1) is 17.8 Å². The minimum atomic E-state index is -0.143. The lowest BCUT2D eigenvalue weighted by molar-refractivity contribution is -0.128. The zero-order valence-electron chi connectivity index (χ0n) is 11.0. The normalized spacial score (nSPS) is 40.6. The fraction of sp³-hybridized carbons (Fsp3) is 0.857. The van der Waals surface area contributed by atoms with Crippen LogP contribution in [0.5, 0.6) is 0 Å². The first kappa shape index (κ1) is 12.0. The van der Waals surface area contributed by atoms with E-state index < -0.39 is 0 Å². The Bertz CT molecular complexity index is 343. The smallest absolute Gasteiger partial charge is 0.239 e. The van der Waals surface area contributed by atoms with Gasteiger partial charge in [0, 0.05) is 12.5 Å². The predicted octanol–water partition coefficient (Wildman–Crippen LogP) is 1.21. The van der Waals surface area contributed by atoms with Gasteiger partial charge in [-0.25, -0.2) is 0 Å². The van der Waals surface area contributed by atoms with Crippen molar-refractivity contribution in [3.63, 3.8) is 0 Å². The molecule has 0 atom stereocenters. The molecule has 4 fully saturated rings.